The van der Waals surface area contributed by atoms with E-state index in [0.29, 0.717) is 12.8 Å². The van der Waals surface area contributed by atoms with Crippen molar-refractivity contribution in [3.63, 3.8) is 0 Å². The average molecular weight is 513 g/mol. The molecule has 2 amide bonds. The van der Waals surface area contributed by atoms with Crippen LogP contribution in [0.5, 0.6) is 5.75 Å². The number of amides is 2. The van der Waals surface area contributed by atoms with E-state index in [1.54, 1.807) is 18.0 Å². The van der Waals surface area contributed by atoms with Crippen LogP contribution >= 0.6 is 0 Å². The molecule has 3 aromatic rings. The van der Waals surface area contributed by atoms with E-state index in [9.17, 15) is 14.9 Å². The van der Waals surface area contributed by atoms with Gasteiger partial charge >= 0.3 is 0 Å². The number of benzene rings is 2. The van der Waals surface area contributed by atoms with Crippen molar-refractivity contribution >= 4 is 17.6 Å². The molecule has 0 spiro atoms. The van der Waals surface area contributed by atoms with Gasteiger partial charge in [-0.2, -0.15) is 10.4 Å². The van der Waals surface area contributed by atoms with Crippen LogP contribution in [0.3, 0.4) is 0 Å². The molecule has 1 aliphatic carbocycles. The molecule has 5 rings (SSSR count). The van der Waals surface area contributed by atoms with Crippen LogP contribution in [0.1, 0.15) is 48.0 Å². The van der Waals surface area contributed by atoms with Crippen molar-refractivity contribution in [1.82, 2.24) is 14.7 Å². The molecule has 1 saturated carbocycles. The Kier molecular flexibility index (Phi) is 7.16. The summed E-state index contributed by atoms with van der Waals surface area (Å²) in [6.07, 6.45) is 4.93. The molecule has 0 bridgehead atoms. The molecule has 38 heavy (non-hydrogen) atoms. The molecular formula is C29H32N6O3. The highest BCUT2D eigenvalue weighted by atomic mass is 16.5. The molecule has 2 fully saturated rings. The van der Waals surface area contributed by atoms with Crippen LogP contribution in [0.25, 0.3) is 11.1 Å². The van der Waals surface area contributed by atoms with Crippen molar-refractivity contribution in [3.05, 3.63) is 65.9 Å². The summed E-state index contributed by atoms with van der Waals surface area (Å²) in [6.45, 7) is 2.36. The highest BCUT2D eigenvalue weighted by Gasteiger charge is 2.39. The van der Waals surface area contributed by atoms with Gasteiger partial charge in [0.25, 0.3) is 5.91 Å². The fraction of sp³-hybridized carbons (Fsp3) is 0.379. The maximum atomic E-state index is 12.3. The van der Waals surface area contributed by atoms with E-state index in [-0.39, 0.29) is 29.6 Å². The second kappa shape index (κ2) is 10.7. The fourth-order valence-electron chi connectivity index (χ4n) is 5.06. The van der Waals surface area contributed by atoms with Crippen LogP contribution in [0, 0.1) is 17.2 Å². The Morgan fingerprint density at radius 2 is 1.74 bits per heavy atom. The van der Waals surface area contributed by atoms with E-state index in [1.807, 2.05) is 12.1 Å². The maximum Gasteiger partial charge on any atom is 0.254 e. The highest BCUT2D eigenvalue weighted by Crippen LogP contribution is 2.36. The van der Waals surface area contributed by atoms with Crippen molar-refractivity contribution in [2.24, 2.45) is 11.7 Å². The molecule has 1 aliphatic heterocycles. The molecule has 2 aromatic carbocycles. The number of hydrogen-bond acceptors (Lipinski definition) is 6. The number of carbonyl (C=O) groups is 2. The van der Waals surface area contributed by atoms with Crippen molar-refractivity contribution in [2.75, 3.05) is 25.5 Å². The molecule has 3 N–H and O–H groups in total. The zero-order valence-corrected chi connectivity index (χ0v) is 21.5. The summed E-state index contributed by atoms with van der Waals surface area (Å²) in [5, 5.41) is 17.0. The second-order valence-electron chi connectivity index (χ2n) is 10.2. The summed E-state index contributed by atoms with van der Waals surface area (Å²) < 4.78 is 6.94. The van der Waals surface area contributed by atoms with E-state index in [0.717, 1.165) is 49.4 Å². The first-order valence-corrected chi connectivity index (χ1v) is 12.9. The van der Waals surface area contributed by atoms with Gasteiger partial charge in [-0.05, 0) is 54.5 Å². The van der Waals surface area contributed by atoms with E-state index < -0.39 is 11.4 Å². The number of methoxy groups -OCH3 is 1. The smallest absolute Gasteiger partial charge is 0.254 e. The largest absolute Gasteiger partial charge is 0.497 e. The van der Waals surface area contributed by atoms with Gasteiger partial charge in [0.15, 0.2) is 5.82 Å². The molecule has 2 aliphatic rings. The number of hydrogen-bond donors (Lipinski definition) is 2. The predicted octanol–water partition coefficient (Wildman–Crippen LogP) is 3.91. The summed E-state index contributed by atoms with van der Waals surface area (Å²) in [5.74, 6) is 0.210. The van der Waals surface area contributed by atoms with Crippen LogP contribution in [0.2, 0.25) is 0 Å². The third kappa shape index (κ3) is 5.41. The fourth-order valence-corrected chi connectivity index (χ4v) is 5.06. The Labute approximate surface area is 222 Å². The predicted molar refractivity (Wildman–Crippen MR) is 143 cm³/mol. The first-order chi connectivity index (χ1) is 18.4. The number of likely N-dealkylation sites (tertiary alicyclic amines) is 1. The third-order valence-corrected chi connectivity index (χ3v) is 7.63. The van der Waals surface area contributed by atoms with Crippen LogP contribution < -0.4 is 15.8 Å². The topological polar surface area (TPSA) is 126 Å². The normalized spacial score (nSPS) is 16.9. The highest BCUT2D eigenvalue weighted by molar-refractivity contribution is 6.02. The number of nitrogens with one attached hydrogen (secondary N) is 1. The Morgan fingerprint density at radius 3 is 2.29 bits per heavy atom. The number of ether oxygens (including phenoxy) is 1. The number of nitriles is 1. The summed E-state index contributed by atoms with van der Waals surface area (Å²) in [4.78, 5) is 26.8. The molecule has 1 aromatic heterocycles. The van der Waals surface area contributed by atoms with E-state index in [2.05, 4.69) is 57.8 Å². The number of piperidine rings is 1. The van der Waals surface area contributed by atoms with Crippen LogP contribution in [0.4, 0.5) is 5.82 Å². The summed E-state index contributed by atoms with van der Waals surface area (Å²) in [7, 11) is 1.66. The summed E-state index contributed by atoms with van der Waals surface area (Å²) >= 11 is 0. The monoisotopic (exact) mass is 512 g/mol. The third-order valence-electron chi connectivity index (χ3n) is 7.63. The minimum absolute atomic E-state index is 0.0255. The molecule has 0 unspecified atom stereocenters. The van der Waals surface area contributed by atoms with Crippen molar-refractivity contribution in [1.29, 1.82) is 5.26 Å². The van der Waals surface area contributed by atoms with Crippen LogP contribution in [-0.2, 0) is 16.9 Å². The van der Waals surface area contributed by atoms with E-state index >= 15 is 0 Å². The number of rotatable bonds is 9. The first kappa shape index (κ1) is 25.5. The van der Waals surface area contributed by atoms with Gasteiger partial charge in [0.05, 0.1) is 25.1 Å². The number of aromatic nitrogens is 2. The van der Waals surface area contributed by atoms with Gasteiger partial charge in [0.2, 0.25) is 5.91 Å². The molecule has 196 valence electrons. The number of nitrogens with zero attached hydrogens (tertiary/aromatic N) is 4. The number of anilines is 1. The molecule has 9 nitrogen and oxygen atoms in total. The Bertz CT molecular complexity index is 1340. The average Bonchev–Trinajstić information content (AvgIpc) is 3.70. The lowest BCUT2D eigenvalue weighted by Gasteiger charge is -2.40. The lowest BCUT2D eigenvalue weighted by atomic mass is 9.84. The van der Waals surface area contributed by atoms with Crippen molar-refractivity contribution in [2.45, 2.75) is 44.2 Å². The zero-order chi connectivity index (χ0) is 26.7. The SMILES string of the molecule is COc1ccc(-c2ccc(CN3CCC(CC#N)(n4cc(C(N)=O)c(NC(=O)C5CC5)n4)CC3)cc2)cc1. The Morgan fingerprint density at radius 1 is 1.11 bits per heavy atom. The number of nitrogens with two attached hydrogens (primary N) is 1. The summed E-state index contributed by atoms with van der Waals surface area (Å²) in [5.41, 5.74) is 8.71. The van der Waals surface area contributed by atoms with Gasteiger partial charge < -0.3 is 15.8 Å². The van der Waals surface area contributed by atoms with Gasteiger partial charge in [-0.1, -0.05) is 36.4 Å². The van der Waals surface area contributed by atoms with Gasteiger partial charge in [0.1, 0.15) is 11.3 Å². The van der Waals surface area contributed by atoms with E-state index in [4.69, 9.17) is 10.5 Å². The van der Waals surface area contributed by atoms with E-state index in [1.165, 1.54) is 5.56 Å². The first-order valence-electron chi connectivity index (χ1n) is 12.9. The lowest BCUT2D eigenvalue weighted by molar-refractivity contribution is -0.117. The van der Waals surface area contributed by atoms with Crippen molar-refractivity contribution < 1.29 is 14.3 Å². The van der Waals surface area contributed by atoms with Gasteiger partial charge in [-0.25, -0.2) is 0 Å². The molecule has 0 atom stereocenters. The Hall–Kier alpha value is -4.16. The zero-order valence-electron chi connectivity index (χ0n) is 21.5. The minimum Gasteiger partial charge on any atom is -0.497 e. The lowest BCUT2D eigenvalue weighted by Crippen LogP contribution is -2.46. The van der Waals surface area contributed by atoms with Crippen LogP contribution in [-0.4, -0.2) is 46.7 Å². The second-order valence-corrected chi connectivity index (χ2v) is 10.2. The van der Waals surface area contributed by atoms with Gasteiger partial charge in [0, 0.05) is 31.7 Å². The molecular weight excluding hydrogens is 480 g/mol. The quantitative estimate of drug-likeness (QED) is 0.448. The summed E-state index contributed by atoms with van der Waals surface area (Å²) in [6, 6.07) is 18.9. The molecule has 1 saturated heterocycles. The Balaban J connectivity index is 1.26. The number of primary amides is 1. The van der Waals surface area contributed by atoms with Gasteiger partial charge in [-0.15, -0.1) is 0 Å². The number of carbonyl (C=O) groups excluding carboxylic acids is 2. The minimum atomic E-state index is -0.648. The maximum absolute atomic E-state index is 12.3. The molecule has 9 heteroatoms. The van der Waals surface area contributed by atoms with Gasteiger partial charge in [-0.3, -0.25) is 19.2 Å². The molecule has 0 radical (unpaired) electrons. The van der Waals surface area contributed by atoms with Crippen molar-refractivity contribution in [3.8, 4) is 22.9 Å². The van der Waals surface area contributed by atoms with Crippen LogP contribution in [0.15, 0.2) is 54.7 Å². The standard InChI is InChI=1S/C29H32N6O3/c1-38-24-10-8-22(9-11-24)21-4-2-20(3-5-21)18-34-16-13-29(12-15-30,14-17-34)35-19-25(26(31)36)27(33-35)32-28(37)23-6-7-23/h2-5,8-11,19,23H,6-7,12-14,16-18H2,1H3,(H2,31,36)(H,32,33,37). The molecule has 2 heterocycles.